The number of methoxy groups -OCH3 is 1. The highest BCUT2D eigenvalue weighted by molar-refractivity contribution is 7.91. The van der Waals surface area contributed by atoms with Crippen molar-refractivity contribution in [1.29, 1.82) is 0 Å². The summed E-state index contributed by atoms with van der Waals surface area (Å²) in [5.74, 6) is 0.970. The molecule has 0 amide bonds. The van der Waals surface area contributed by atoms with Gasteiger partial charge < -0.3 is 18.8 Å². The molecular formula is C21H25N3O2S. The standard InChI is InChI=1S/C21H25N3O2S/c1-15-20(27(3)25)18-8-10-22-21(19(18)24(15)12-13-26-2)23-11-9-16-6-4-5-7-17(16)14-23/h4-8,10H,9,11-14H2,1-3H3. The Morgan fingerprint density at radius 2 is 2.00 bits per heavy atom. The molecule has 1 atom stereocenters. The number of benzene rings is 1. The van der Waals surface area contributed by atoms with E-state index in [0.717, 1.165) is 53.4 Å². The van der Waals surface area contributed by atoms with Gasteiger partial charge in [0.05, 0.1) is 23.2 Å². The van der Waals surface area contributed by atoms with Crippen molar-refractivity contribution in [3.63, 3.8) is 0 Å². The summed E-state index contributed by atoms with van der Waals surface area (Å²) in [7, 11) is 1.71. The number of anilines is 1. The number of fused-ring (bicyclic) bond motifs is 2. The molecule has 0 aliphatic carbocycles. The Bertz CT molecular complexity index is 967. The molecule has 27 heavy (non-hydrogen) atoms. The average Bonchev–Trinajstić information content (AvgIpc) is 2.97. The van der Waals surface area contributed by atoms with E-state index in [2.05, 4.69) is 33.7 Å². The van der Waals surface area contributed by atoms with Gasteiger partial charge in [0.2, 0.25) is 0 Å². The second-order valence-electron chi connectivity index (χ2n) is 6.98. The van der Waals surface area contributed by atoms with Crippen LogP contribution < -0.4 is 4.90 Å². The molecule has 0 N–H and O–H groups in total. The molecule has 4 rings (SSSR count). The Balaban J connectivity index is 1.85. The number of hydrogen-bond donors (Lipinski definition) is 0. The zero-order valence-corrected chi connectivity index (χ0v) is 16.9. The normalized spacial score (nSPS) is 15.2. The van der Waals surface area contributed by atoms with Crippen LogP contribution in [0, 0.1) is 6.92 Å². The van der Waals surface area contributed by atoms with Crippen molar-refractivity contribution in [2.45, 2.75) is 31.3 Å². The number of ether oxygens (including phenoxy) is 1. The SMILES string of the molecule is COCCn1c(C)c([S+](C)[O-])c2ccnc(N3CCc4ccccc4C3)c21. The highest BCUT2D eigenvalue weighted by Crippen LogP contribution is 2.36. The van der Waals surface area contributed by atoms with Crippen molar-refractivity contribution in [3.05, 3.63) is 53.3 Å². The van der Waals surface area contributed by atoms with Gasteiger partial charge in [-0.25, -0.2) is 4.98 Å². The van der Waals surface area contributed by atoms with Gasteiger partial charge in [-0.15, -0.1) is 0 Å². The molecule has 1 aromatic carbocycles. The summed E-state index contributed by atoms with van der Waals surface area (Å²) >= 11 is -1.06. The lowest BCUT2D eigenvalue weighted by molar-refractivity contribution is 0.188. The van der Waals surface area contributed by atoms with Gasteiger partial charge in [-0.2, -0.15) is 0 Å². The van der Waals surface area contributed by atoms with Crippen LogP contribution >= 0.6 is 0 Å². The average molecular weight is 384 g/mol. The van der Waals surface area contributed by atoms with Crippen LogP contribution in [0.2, 0.25) is 0 Å². The van der Waals surface area contributed by atoms with E-state index >= 15 is 0 Å². The van der Waals surface area contributed by atoms with E-state index in [9.17, 15) is 4.55 Å². The number of rotatable bonds is 5. The van der Waals surface area contributed by atoms with Gasteiger partial charge in [-0.05, 0) is 41.7 Å². The first-order chi connectivity index (χ1) is 13.1. The van der Waals surface area contributed by atoms with Gasteiger partial charge in [-0.1, -0.05) is 24.3 Å². The van der Waals surface area contributed by atoms with E-state index in [0.29, 0.717) is 6.61 Å². The molecule has 1 aliphatic rings. The van der Waals surface area contributed by atoms with E-state index in [1.807, 2.05) is 19.2 Å². The topological polar surface area (TPSA) is 53.4 Å². The Morgan fingerprint density at radius 1 is 1.22 bits per heavy atom. The number of pyridine rings is 1. The Hall–Kier alpha value is -2.02. The van der Waals surface area contributed by atoms with Crippen molar-refractivity contribution in [2.75, 3.05) is 31.4 Å². The highest BCUT2D eigenvalue weighted by atomic mass is 32.2. The van der Waals surface area contributed by atoms with E-state index in [1.54, 1.807) is 13.4 Å². The lowest BCUT2D eigenvalue weighted by Gasteiger charge is -2.30. The predicted octanol–water partition coefficient (Wildman–Crippen LogP) is 3.29. The van der Waals surface area contributed by atoms with Crippen LogP contribution in [0.1, 0.15) is 16.8 Å². The van der Waals surface area contributed by atoms with Crippen molar-refractivity contribution in [2.24, 2.45) is 0 Å². The van der Waals surface area contributed by atoms with Gasteiger partial charge in [0.15, 0.2) is 10.7 Å². The summed E-state index contributed by atoms with van der Waals surface area (Å²) in [5.41, 5.74) is 4.88. The fraction of sp³-hybridized carbons (Fsp3) is 0.381. The van der Waals surface area contributed by atoms with Gasteiger partial charge in [-0.3, -0.25) is 0 Å². The van der Waals surface area contributed by atoms with Gasteiger partial charge >= 0.3 is 0 Å². The van der Waals surface area contributed by atoms with Crippen molar-refractivity contribution < 1.29 is 9.29 Å². The maximum absolute atomic E-state index is 12.5. The van der Waals surface area contributed by atoms with E-state index in [4.69, 9.17) is 9.72 Å². The minimum Gasteiger partial charge on any atom is -0.612 e. The first-order valence-electron chi connectivity index (χ1n) is 9.23. The molecule has 3 heterocycles. The summed E-state index contributed by atoms with van der Waals surface area (Å²) in [6.07, 6.45) is 4.60. The van der Waals surface area contributed by atoms with Crippen LogP contribution in [-0.2, 0) is 35.4 Å². The lowest BCUT2D eigenvalue weighted by atomic mass is 10.00. The lowest BCUT2D eigenvalue weighted by Crippen LogP contribution is -2.31. The Labute approximate surface area is 163 Å². The zero-order chi connectivity index (χ0) is 19.0. The second-order valence-corrected chi connectivity index (χ2v) is 8.30. The zero-order valence-electron chi connectivity index (χ0n) is 16.1. The first kappa shape index (κ1) is 18.3. The summed E-state index contributed by atoms with van der Waals surface area (Å²) in [5, 5.41) is 1.04. The third-order valence-corrected chi connectivity index (χ3v) is 6.48. The third-order valence-electron chi connectivity index (χ3n) is 5.39. The van der Waals surface area contributed by atoms with E-state index < -0.39 is 11.2 Å². The van der Waals surface area contributed by atoms with Crippen LogP contribution in [-0.4, -0.2) is 40.6 Å². The maximum Gasteiger partial charge on any atom is 0.181 e. The molecule has 6 heteroatoms. The van der Waals surface area contributed by atoms with Crippen LogP contribution in [0.3, 0.4) is 0 Å². The second kappa shape index (κ2) is 7.54. The van der Waals surface area contributed by atoms with Crippen LogP contribution in [0.25, 0.3) is 10.9 Å². The minimum atomic E-state index is -1.06. The van der Waals surface area contributed by atoms with Gasteiger partial charge in [0.25, 0.3) is 0 Å². The van der Waals surface area contributed by atoms with Crippen LogP contribution in [0.15, 0.2) is 41.4 Å². The largest absolute Gasteiger partial charge is 0.612 e. The van der Waals surface area contributed by atoms with Crippen molar-refractivity contribution in [1.82, 2.24) is 9.55 Å². The van der Waals surface area contributed by atoms with E-state index in [1.165, 1.54) is 11.1 Å². The highest BCUT2D eigenvalue weighted by Gasteiger charge is 2.27. The van der Waals surface area contributed by atoms with Gasteiger partial charge in [0, 0.05) is 32.9 Å². The molecule has 0 saturated carbocycles. The monoisotopic (exact) mass is 383 g/mol. The maximum atomic E-state index is 12.5. The van der Waals surface area contributed by atoms with Crippen molar-refractivity contribution >= 4 is 27.9 Å². The molecule has 0 spiro atoms. The predicted molar refractivity (Wildman–Crippen MR) is 110 cm³/mol. The number of nitrogens with zero attached hydrogens (tertiary/aromatic N) is 3. The third kappa shape index (κ3) is 3.22. The van der Waals surface area contributed by atoms with Crippen molar-refractivity contribution in [3.8, 4) is 0 Å². The molecule has 1 aliphatic heterocycles. The molecule has 1 unspecified atom stereocenters. The minimum absolute atomic E-state index is 0.609. The molecule has 3 aromatic rings. The molecule has 2 aromatic heterocycles. The Morgan fingerprint density at radius 3 is 2.74 bits per heavy atom. The molecule has 0 bridgehead atoms. The molecular weight excluding hydrogens is 358 g/mol. The number of aromatic nitrogens is 2. The summed E-state index contributed by atoms with van der Waals surface area (Å²) < 4.78 is 20.0. The van der Waals surface area contributed by atoms with E-state index in [-0.39, 0.29) is 0 Å². The summed E-state index contributed by atoms with van der Waals surface area (Å²) in [4.78, 5) is 8.00. The molecule has 142 valence electrons. The van der Waals surface area contributed by atoms with Gasteiger partial charge in [0.1, 0.15) is 6.26 Å². The molecule has 0 saturated heterocycles. The summed E-state index contributed by atoms with van der Waals surface area (Å²) in [6.45, 7) is 5.15. The van der Waals surface area contributed by atoms with Crippen LogP contribution in [0.5, 0.6) is 0 Å². The molecule has 0 radical (unpaired) electrons. The summed E-state index contributed by atoms with van der Waals surface area (Å²) in [6, 6.07) is 10.6. The fourth-order valence-corrected chi connectivity index (χ4v) is 5.11. The Kier molecular flexibility index (Phi) is 5.12. The first-order valence-corrected chi connectivity index (χ1v) is 10.8. The van der Waals surface area contributed by atoms with Crippen LogP contribution in [0.4, 0.5) is 5.82 Å². The molecule has 0 fully saturated rings. The fourth-order valence-electron chi connectivity index (χ4n) is 4.11. The smallest absolute Gasteiger partial charge is 0.181 e. The quantitative estimate of drug-likeness (QED) is 0.635. The molecule has 5 nitrogen and oxygen atoms in total. The number of hydrogen-bond acceptors (Lipinski definition) is 4.